The van der Waals surface area contributed by atoms with Crippen LogP contribution in [0.15, 0.2) is 12.2 Å². The highest BCUT2D eigenvalue weighted by Gasteiger charge is 2.00. The number of thiol groups is 1. The highest BCUT2D eigenvalue weighted by atomic mass is 32.2. The first-order valence-corrected chi connectivity index (χ1v) is 8.35. The highest BCUT2D eigenvalue weighted by molar-refractivity contribution is 7.99. The van der Waals surface area contributed by atoms with Crippen LogP contribution < -0.4 is 0 Å². The Balaban J connectivity index is 0. The van der Waals surface area contributed by atoms with E-state index in [1.165, 1.54) is 24.2 Å². The van der Waals surface area contributed by atoms with E-state index in [0.717, 1.165) is 17.6 Å². The second-order valence-corrected chi connectivity index (χ2v) is 7.76. The number of hydrogen-bond donors (Lipinski definition) is 1. The van der Waals surface area contributed by atoms with Gasteiger partial charge in [0.15, 0.2) is 0 Å². The molecule has 0 aliphatic rings. The van der Waals surface area contributed by atoms with Gasteiger partial charge in [0.05, 0.1) is 0 Å². The second kappa shape index (κ2) is 12.9. The quantitative estimate of drug-likeness (QED) is 0.354. The standard InChI is InChI=1S/C11H22S2.C4H10/c1-9(2)7-10(3)8-13-6-5-11(4)12;1-4(2)3/h9,11-12H,3,5-8H2,1-2,4H3;4H,1-3H3. The first kappa shape index (κ1) is 19.8. The minimum absolute atomic E-state index is 0.533. The molecule has 0 aromatic heterocycles. The zero-order valence-corrected chi connectivity index (χ0v) is 14.3. The van der Waals surface area contributed by atoms with Crippen LogP contribution in [0.25, 0.3) is 0 Å². The molecule has 17 heavy (non-hydrogen) atoms. The smallest absolute Gasteiger partial charge is 0.0140 e. The molecule has 1 atom stereocenters. The van der Waals surface area contributed by atoms with Gasteiger partial charge in [-0.3, -0.25) is 0 Å². The summed E-state index contributed by atoms with van der Waals surface area (Å²) in [6, 6.07) is 0. The van der Waals surface area contributed by atoms with E-state index in [1.807, 2.05) is 11.8 Å². The van der Waals surface area contributed by atoms with E-state index >= 15 is 0 Å². The molecule has 0 radical (unpaired) electrons. The molecule has 0 fully saturated rings. The van der Waals surface area contributed by atoms with Crippen LogP contribution in [0.3, 0.4) is 0 Å². The van der Waals surface area contributed by atoms with Crippen molar-refractivity contribution < 1.29 is 0 Å². The fourth-order valence-electron chi connectivity index (χ4n) is 1.11. The van der Waals surface area contributed by atoms with Crippen molar-refractivity contribution in [1.82, 2.24) is 0 Å². The maximum Gasteiger partial charge on any atom is 0.0140 e. The molecule has 0 N–H and O–H groups in total. The Morgan fingerprint density at radius 1 is 1.12 bits per heavy atom. The lowest BCUT2D eigenvalue weighted by atomic mass is 10.1. The van der Waals surface area contributed by atoms with Crippen LogP contribution in [-0.2, 0) is 0 Å². The SMILES string of the molecule is C=C(CSCCC(C)S)CC(C)C.CC(C)C. The largest absolute Gasteiger partial charge is 0.176 e. The third-order valence-electron chi connectivity index (χ3n) is 1.68. The zero-order valence-electron chi connectivity index (χ0n) is 12.6. The van der Waals surface area contributed by atoms with Gasteiger partial charge in [0.25, 0.3) is 0 Å². The molecule has 0 nitrogen and oxygen atoms in total. The first-order chi connectivity index (χ1) is 7.75. The van der Waals surface area contributed by atoms with Crippen LogP contribution in [0.1, 0.15) is 54.4 Å². The Morgan fingerprint density at radius 2 is 1.59 bits per heavy atom. The van der Waals surface area contributed by atoms with Gasteiger partial charge in [-0.1, -0.05) is 53.7 Å². The van der Waals surface area contributed by atoms with Gasteiger partial charge >= 0.3 is 0 Å². The van der Waals surface area contributed by atoms with E-state index in [4.69, 9.17) is 0 Å². The van der Waals surface area contributed by atoms with Gasteiger partial charge in [0.1, 0.15) is 0 Å². The number of thioether (sulfide) groups is 1. The average molecular weight is 277 g/mol. The molecular weight excluding hydrogens is 244 g/mol. The van der Waals surface area contributed by atoms with Crippen LogP contribution in [0.4, 0.5) is 0 Å². The fraction of sp³-hybridized carbons (Fsp3) is 0.867. The molecule has 0 saturated carbocycles. The van der Waals surface area contributed by atoms with Crippen molar-refractivity contribution in [3.8, 4) is 0 Å². The molecular formula is C15H32S2. The summed E-state index contributed by atoms with van der Waals surface area (Å²) in [5.41, 5.74) is 1.38. The lowest BCUT2D eigenvalue weighted by molar-refractivity contribution is 0.645. The summed E-state index contributed by atoms with van der Waals surface area (Å²) in [6.45, 7) is 17.2. The van der Waals surface area contributed by atoms with Gasteiger partial charge in [-0.25, -0.2) is 0 Å². The van der Waals surface area contributed by atoms with Gasteiger partial charge < -0.3 is 0 Å². The van der Waals surface area contributed by atoms with Crippen LogP contribution in [-0.4, -0.2) is 16.8 Å². The minimum atomic E-state index is 0.533. The molecule has 0 amide bonds. The topological polar surface area (TPSA) is 0 Å². The van der Waals surface area contributed by atoms with Crippen molar-refractivity contribution in [3.63, 3.8) is 0 Å². The molecule has 0 saturated heterocycles. The van der Waals surface area contributed by atoms with Crippen molar-refractivity contribution in [3.05, 3.63) is 12.2 Å². The summed E-state index contributed by atoms with van der Waals surface area (Å²) in [7, 11) is 0. The van der Waals surface area contributed by atoms with E-state index in [1.54, 1.807) is 0 Å². The average Bonchev–Trinajstić information content (AvgIpc) is 2.10. The Hall–Kier alpha value is 0.440. The molecule has 1 unspecified atom stereocenters. The maximum atomic E-state index is 4.34. The summed E-state index contributed by atoms with van der Waals surface area (Å²) >= 11 is 6.33. The molecule has 0 aromatic rings. The molecule has 0 bridgehead atoms. The third-order valence-corrected chi connectivity index (χ3v) is 3.08. The van der Waals surface area contributed by atoms with Crippen molar-refractivity contribution in [2.75, 3.05) is 11.5 Å². The van der Waals surface area contributed by atoms with Gasteiger partial charge in [-0.2, -0.15) is 24.4 Å². The Kier molecular flexibility index (Phi) is 15.0. The monoisotopic (exact) mass is 276 g/mol. The summed E-state index contributed by atoms with van der Waals surface area (Å²) in [4.78, 5) is 0. The number of rotatable bonds is 7. The molecule has 0 aliphatic heterocycles. The van der Waals surface area contributed by atoms with Crippen LogP contribution in [0, 0.1) is 11.8 Å². The predicted molar refractivity (Wildman–Crippen MR) is 89.5 cm³/mol. The maximum absolute atomic E-state index is 4.34. The van der Waals surface area contributed by atoms with E-state index in [2.05, 4.69) is 60.8 Å². The van der Waals surface area contributed by atoms with Crippen LogP contribution in [0.5, 0.6) is 0 Å². The summed E-state index contributed by atoms with van der Waals surface area (Å²) in [5.74, 6) is 3.91. The van der Waals surface area contributed by atoms with E-state index in [-0.39, 0.29) is 0 Å². The number of hydrogen-bond acceptors (Lipinski definition) is 2. The Morgan fingerprint density at radius 3 is 1.94 bits per heavy atom. The van der Waals surface area contributed by atoms with E-state index in [9.17, 15) is 0 Å². The Bertz CT molecular complexity index is 169. The normalized spacial score (nSPS) is 12.3. The van der Waals surface area contributed by atoms with Crippen LogP contribution >= 0.6 is 24.4 Å². The fourth-order valence-corrected chi connectivity index (χ4v) is 2.48. The van der Waals surface area contributed by atoms with Crippen molar-refractivity contribution in [2.45, 2.75) is 59.6 Å². The Labute approximate surface area is 119 Å². The van der Waals surface area contributed by atoms with E-state index in [0.29, 0.717) is 5.25 Å². The summed E-state index contributed by atoms with van der Waals surface area (Å²) < 4.78 is 0. The summed E-state index contributed by atoms with van der Waals surface area (Å²) in [5, 5.41) is 0.533. The third kappa shape index (κ3) is 26.2. The molecule has 2 heteroatoms. The van der Waals surface area contributed by atoms with Crippen molar-refractivity contribution >= 4 is 24.4 Å². The lowest BCUT2D eigenvalue weighted by Gasteiger charge is -2.08. The molecule has 0 heterocycles. The van der Waals surface area contributed by atoms with Gasteiger partial charge in [-0.05, 0) is 35.7 Å². The molecule has 0 rings (SSSR count). The minimum Gasteiger partial charge on any atom is -0.176 e. The second-order valence-electron chi connectivity index (χ2n) is 5.77. The van der Waals surface area contributed by atoms with Crippen molar-refractivity contribution in [2.24, 2.45) is 11.8 Å². The highest BCUT2D eigenvalue weighted by Crippen LogP contribution is 2.16. The molecule has 0 spiro atoms. The lowest BCUT2D eigenvalue weighted by Crippen LogP contribution is -1.97. The van der Waals surface area contributed by atoms with E-state index < -0.39 is 0 Å². The van der Waals surface area contributed by atoms with Gasteiger partial charge in [0, 0.05) is 5.75 Å². The molecule has 0 aliphatic carbocycles. The van der Waals surface area contributed by atoms with Gasteiger partial charge in [-0.15, -0.1) is 0 Å². The van der Waals surface area contributed by atoms with Crippen LogP contribution in [0.2, 0.25) is 0 Å². The summed E-state index contributed by atoms with van der Waals surface area (Å²) in [6.07, 6.45) is 2.37. The molecule has 104 valence electrons. The zero-order chi connectivity index (χ0) is 13.8. The predicted octanol–water partition coefficient (Wildman–Crippen LogP) is 5.69. The van der Waals surface area contributed by atoms with Crippen molar-refractivity contribution in [1.29, 1.82) is 0 Å². The first-order valence-electron chi connectivity index (χ1n) is 6.68. The van der Waals surface area contributed by atoms with Gasteiger partial charge in [0.2, 0.25) is 0 Å². The molecule has 0 aromatic carbocycles.